The van der Waals surface area contributed by atoms with Gasteiger partial charge in [0.15, 0.2) is 5.11 Å². The number of carbonyl (C=O) groups excluding carboxylic acids is 1. The number of anilines is 1. The highest BCUT2D eigenvalue weighted by Crippen LogP contribution is 2.20. The second-order valence-corrected chi connectivity index (χ2v) is 8.59. The average molecular weight is 399 g/mol. The van der Waals surface area contributed by atoms with Gasteiger partial charge in [-0.15, -0.1) is 11.3 Å². The minimum absolute atomic E-state index is 0.146. The molecule has 0 atom stereocenters. The Morgan fingerprint density at radius 3 is 2.36 bits per heavy atom. The zero-order valence-corrected chi connectivity index (χ0v) is 16.0. The Kier molecular flexibility index (Phi) is 6.34. The van der Waals surface area contributed by atoms with Gasteiger partial charge in [0, 0.05) is 17.3 Å². The summed E-state index contributed by atoms with van der Waals surface area (Å²) in [5, 5.41) is 4.92. The van der Waals surface area contributed by atoms with Crippen LogP contribution in [0.15, 0.2) is 46.0 Å². The number of sulfonamides is 1. The molecule has 0 aliphatic rings. The molecule has 0 aliphatic heterocycles. The molecule has 4 N–H and O–H groups in total. The maximum Gasteiger partial charge on any atom is 0.271 e. The van der Waals surface area contributed by atoms with Crippen LogP contribution < -0.4 is 20.9 Å². The van der Waals surface area contributed by atoms with Gasteiger partial charge in [0.2, 0.25) is 0 Å². The summed E-state index contributed by atoms with van der Waals surface area (Å²) in [7, 11) is -3.61. The highest BCUT2D eigenvalue weighted by atomic mass is 32.2. The summed E-state index contributed by atoms with van der Waals surface area (Å²) < 4.78 is 27.0. The number of thiocarbonyl (C=S) groups is 1. The molecule has 0 bridgehead atoms. The second kappa shape index (κ2) is 8.28. The van der Waals surface area contributed by atoms with Crippen molar-refractivity contribution in [1.82, 2.24) is 16.2 Å². The standard InChI is InChI=1S/C15H18N4O3S3/c1-10(2)16-15(23)18-17-14(20)11-5-7-12(8-6-11)19-25(21,22)13-4-3-9-24-13/h3-10,19H,1-2H3,(H,17,20)(H2,16,18,23). The van der Waals surface area contributed by atoms with Gasteiger partial charge in [-0.3, -0.25) is 20.4 Å². The van der Waals surface area contributed by atoms with E-state index in [1.807, 2.05) is 13.8 Å². The Balaban J connectivity index is 1.95. The van der Waals surface area contributed by atoms with Crippen molar-refractivity contribution in [3.05, 3.63) is 47.3 Å². The van der Waals surface area contributed by atoms with Crippen molar-refractivity contribution in [2.45, 2.75) is 24.1 Å². The van der Waals surface area contributed by atoms with Gasteiger partial charge in [0.05, 0.1) is 0 Å². The largest absolute Gasteiger partial charge is 0.359 e. The molecule has 0 fully saturated rings. The molecule has 10 heteroatoms. The molecule has 0 saturated heterocycles. The summed E-state index contributed by atoms with van der Waals surface area (Å²) in [6.07, 6.45) is 0. The van der Waals surface area contributed by atoms with Crippen molar-refractivity contribution in [2.24, 2.45) is 0 Å². The molecule has 1 aromatic carbocycles. The first-order chi connectivity index (χ1) is 11.8. The maximum absolute atomic E-state index is 12.1. The van der Waals surface area contributed by atoms with Crippen LogP contribution in [0.1, 0.15) is 24.2 Å². The summed E-state index contributed by atoms with van der Waals surface area (Å²) in [6, 6.07) is 9.40. The predicted octanol–water partition coefficient (Wildman–Crippen LogP) is 2.07. The monoisotopic (exact) mass is 398 g/mol. The molecule has 1 heterocycles. The van der Waals surface area contributed by atoms with Crippen LogP contribution in [0.2, 0.25) is 0 Å². The molecule has 7 nitrogen and oxygen atoms in total. The topological polar surface area (TPSA) is 99.3 Å². The van der Waals surface area contributed by atoms with E-state index in [1.165, 1.54) is 30.3 Å². The molecule has 0 unspecified atom stereocenters. The van der Waals surface area contributed by atoms with Gasteiger partial charge < -0.3 is 5.32 Å². The van der Waals surface area contributed by atoms with Crippen LogP contribution in [0, 0.1) is 0 Å². The van der Waals surface area contributed by atoms with Gasteiger partial charge >= 0.3 is 0 Å². The molecular weight excluding hydrogens is 380 g/mol. The molecule has 0 spiro atoms. The number of amides is 1. The van der Waals surface area contributed by atoms with Crippen molar-refractivity contribution < 1.29 is 13.2 Å². The lowest BCUT2D eigenvalue weighted by atomic mass is 10.2. The number of hydrazine groups is 1. The van der Waals surface area contributed by atoms with Crippen molar-refractivity contribution in [3.8, 4) is 0 Å². The summed E-state index contributed by atoms with van der Waals surface area (Å²) in [4.78, 5) is 12.0. The van der Waals surface area contributed by atoms with Gasteiger partial charge in [-0.1, -0.05) is 6.07 Å². The van der Waals surface area contributed by atoms with E-state index in [9.17, 15) is 13.2 Å². The third-order valence-corrected chi connectivity index (χ3v) is 5.87. The fourth-order valence-electron chi connectivity index (χ4n) is 1.80. The van der Waals surface area contributed by atoms with Crippen molar-refractivity contribution in [1.29, 1.82) is 0 Å². The highest BCUT2D eigenvalue weighted by Gasteiger charge is 2.15. The van der Waals surface area contributed by atoms with Crippen molar-refractivity contribution in [2.75, 3.05) is 4.72 Å². The summed E-state index contributed by atoms with van der Waals surface area (Å²) in [5.74, 6) is -0.388. The molecule has 2 aromatic rings. The first-order valence-electron chi connectivity index (χ1n) is 7.31. The van der Waals surface area contributed by atoms with Crippen LogP contribution in [-0.2, 0) is 10.0 Å². The van der Waals surface area contributed by atoms with Crippen LogP contribution in [0.4, 0.5) is 5.69 Å². The number of rotatable bonds is 5. The molecule has 1 aromatic heterocycles. The predicted molar refractivity (Wildman–Crippen MR) is 103 cm³/mol. The van der Waals surface area contributed by atoms with E-state index in [2.05, 4.69) is 20.9 Å². The van der Waals surface area contributed by atoms with Crippen LogP contribution in [0.3, 0.4) is 0 Å². The lowest BCUT2D eigenvalue weighted by Gasteiger charge is -2.14. The van der Waals surface area contributed by atoms with E-state index < -0.39 is 10.0 Å². The summed E-state index contributed by atoms with van der Waals surface area (Å²) in [6.45, 7) is 3.84. The van der Waals surface area contributed by atoms with E-state index in [-0.39, 0.29) is 16.2 Å². The molecular formula is C15H18N4O3S3. The number of benzene rings is 1. The van der Waals surface area contributed by atoms with E-state index in [4.69, 9.17) is 12.2 Å². The van der Waals surface area contributed by atoms with Gasteiger partial charge in [-0.25, -0.2) is 8.42 Å². The zero-order valence-electron chi connectivity index (χ0n) is 13.6. The van der Waals surface area contributed by atoms with Crippen LogP contribution in [0.5, 0.6) is 0 Å². The van der Waals surface area contributed by atoms with Crippen molar-refractivity contribution >= 4 is 50.3 Å². The van der Waals surface area contributed by atoms with E-state index in [1.54, 1.807) is 11.4 Å². The number of carbonyl (C=O) groups is 1. The molecule has 1 amide bonds. The van der Waals surface area contributed by atoms with E-state index in [0.29, 0.717) is 16.4 Å². The number of hydrogen-bond donors (Lipinski definition) is 4. The molecule has 0 saturated carbocycles. The first kappa shape index (κ1) is 19.2. The van der Waals surface area contributed by atoms with Gasteiger partial charge in [-0.2, -0.15) is 0 Å². The smallest absolute Gasteiger partial charge is 0.271 e. The Labute approximate surface area is 155 Å². The van der Waals surface area contributed by atoms with Gasteiger partial charge in [0.25, 0.3) is 15.9 Å². The summed E-state index contributed by atoms with van der Waals surface area (Å²) >= 11 is 6.13. The Morgan fingerprint density at radius 1 is 1.12 bits per heavy atom. The third kappa shape index (κ3) is 5.69. The number of thiophene rings is 1. The SMILES string of the molecule is CC(C)NC(=S)NNC(=O)c1ccc(NS(=O)(=O)c2cccs2)cc1. The fraction of sp³-hybridized carbons (Fsp3) is 0.200. The highest BCUT2D eigenvalue weighted by molar-refractivity contribution is 7.94. The minimum Gasteiger partial charge on any atom is -0.359 e. The lowest BCUT2D eigenvalue weighted by Crippen LogP contribution is -2.48. The Hall–Kier alpha value is -2.17. The maximum atomic E-state index is 12.1. The van der Waals surface area contributed by atoms with E-state index in [0.717, 1.165) is 11.3 Å². The van der Waals surface area contributed by atoms with Crippen LogP contribution in [-0.4, -0.2) is 25.5 Å². The van der Waals surface area contributed by atoms with E-state index >= 15 is 0 Å². The summed E-state index contributed by atoms with van der Waals surface area (Å²) in [5.41, 5.74) is 5.79. The quantitative estimate of drug-likeness (QED) is 0.455. The molecule has 0 aliphatic carbocycles. The third-order valence-electron chi connectivity index (χ3n) is 2.87. The molecule has 134 valence electrons. The lowest BCUT2D eigenvalue weighted by molar-refractivity contribution is 0.0943. The minimum atomic E-state index is -3.61. The second-order valence-electron chi connectivity index (χ2n) is 5.32. The first-order valence-corrected chi connectivity index (χ1v) is 10.1. The number of nitrogens with one attached hydrogen (secondary N) is 4. The van der Waals surface area contributed by atoms with Gasteiger partial charge in [0.1, 0.15) is 4.21 Å². The molecule has 0 radical (unpaired) electrons. The molecule has 25 heavy (non-hydrogen) atoms. The van der Waals surface area contributed by atoms with Crippen LogP contribution >= 0.6 is 23.6 Å². The normalized spacial score (nSPS) is 11.0. The van der Waals surface area contributed by atoms with Gasteiger partial charge in [-0.05, 0) is 61.8 Å². The van der Waals surface area contributed by atoms with Crippen LogP contribution in [0.25, 0.3) is 0 Å². The average Bonchev–Trinajstić information content (AvgIpc) is 3.08. The Bertz CT molecular complexity index is 831. The van der Waals surface area contributed by atoms with Crippen molar-refractivity contribution in [3.63, 3.8) is 0 Å². The molecule has 2 rings (SSSR count). The fourth-order valence-corrected chi connectivity index (χ4v) is 4.13. The Morgan fingerprint density at radius 2 is 1.80 bits per heavy atom. The zero-order chi connectivity index (χ0) is 18.4. The number of hydrogen-bond acceptors (Lipinski definition) is 5.